The van der Waals surface area contributed by atoms with E-state index in [-0.39, 0.29) is 24.1 Å². The molecule has 2 aliphatic carbocycles. The Morgan fingerprint density at radius 3 is 2.19 bits per heavy atom. The molecular formula is C13H22O3. The predicted molar refractivity (Wildman–Crippen MR) is 60.9 cm³/mol. The van der Waals surface area contributed by atoms with E-state index in [1.54, 1.807) is 0 Å². The number of carbonyl (C=O) groups excluding carboxylic acids is 1. The van der Waals surface area contributed by atoms with Gasteiger partial charge < -0.3 is 9.84 Å². The third-order valence-corrected chi connectivity index (χ3v) is 3.87. The van der Waals surface area contributed by atoms with E-state index in [4.69, 9.17) is 4.74 Å². The number of carbonyl (C=O) groups is 1. The van der Waals surface area contributed by atoms with E-state index in [0.29, 0.717) is 0 Å². The van der Waals surface area contributed by atoms with Crippen LogP contribution in [0.15, 0.2) is 0 Å². The molecule has 0 amide bonds. The Bertz CT molecular complexity index is 225. The SMILES string of the molecule is O=C(OC1CCC(O)CC1)C1CCCCC1. The van der Waals surface area contributed by atoms with E-state index in [0.717, 1.165) is 38.5 Å². The minimum Gasteiger partial charge on any atom is -0.462 e. The molecule has 92 valence electrons. The van der Waals surface area contributed by atoms with E-state index < -0.39 is 0 Å². The number of esters is 1. The van der Waals surface area contributed by atoms with Crippen molar-refractivity contribution in [3.8, 4) is 0 Å². The summed E-state index contributed by atoms with van der Waals surface area (Å²) in [7, 11) is 0. The summed E-state index contributed by atoms with van der Waals surface area (Å²) < 4.78 is 5.53. The van der Waals surface area contributed by atoms with E-state index in [9.17, 15) is 9.90 Å². The summed E-state index contributed by atoms with van der Waals surface area (Å²) in [5, 5.41) is 9.37. The maximum atomic E-state index is 11.9. The number of rotatable bonds is 2. The van der Waals surface area contributed by atoms with Gasteiger partial charge in [-0.15, -0.1) is 0 Å². The summed E-state index contributed by atoms with van der Waals surface area (Å²) in [5.74, 6) is 0.168. The summed E-state index contributed by atoms with van der Waals surface area (Å²) in [5.41, 5.74) is 0. The molecule has 16 heavy (non-hydrogen) atoms. The normalized spacial score (nSPS) is 32.3. The summed E-state index contributed by atoms with van der Waals surface area (Å²) in [6, 6.07) is 0. The Labute approximate surface area is 97.2 Å². The third-order valence-electron chi connectivity index (χ3n) is 3.87. The monoisotopic (exact) mass is 226 g/mol. The van der Waals surface area contributed by atoms with Gasteiger partial charge in [-0.05, 0) is 38.5 Å². The zero-order valence-corrected chi connectivity index (χ0v) is 9.86. The Morgan fingerprint density at radius 2 is 1.56 bits per heavy atom. The number of hydrogen-bond donors (Lipinski definition) is 1. The van der Waals surface area contributed by atoms with Crippen molar-refractivity contribution in [1.29, 1.82) is 0 Å². The van der Waals surface area contributed by atoms with Crippen LogP contribution >= 0.6 is 0 Å². The van der Waals surface area contributed by atoms with Gasteiger partial charge in [-0.2, -0.15) is 0 Å². The van der Waals surface area contributed by atoms with Crippen molar-refractivity contribution >= 4 is 5.97 Å². The average Bonchev–Trinajstić information content (AvgIpc) is 2.33. The molecule has 0 saturated heterocycles. The van der Waals surface area contributed by atoms with Crippen LogP contribution in [0.1, 0.15) is 57.8 Å². The lowest BCUT2D eigenvalue weighted by Crippen LogP contribution is -2.30. The molecule has 2 rings (SSSR count). The molecule has 0 radical (unpaired) electrons. The highest BCUT2D eigenvalue weighted by molar-refractivity contribution is 5.72. The van der Waals surface area contributed by atoms with E-state index in [1.165, 1.54) is 19.3 Å². The first kappa shape index (κ1) is 11.9. The molecule has 3 nitrogen and oxygen atoms in total. The van der Waals surface area contributed by atoms with Crippen LogP contribution in [-0.4, -0.2) is 23.3 Å². The molecule has 0 aliphatic heterocycles. The van der Waals surface area contributed by atoms with Crippen molar-refractivity contribution in [3.05, 3.63) is 0 Å². The second-order valence-corrected chi connectivity index (χ2v) is 5.20. The highest BCUT2D eigenvalue weighted by Crippen LogP contribution is 2.27. The van der Waals surface area contributed by atoms with Crippen LogP contribution in [0, 0.1) is 5.92 Å². The molecule has 0 aromatic carbocycles. The molecule has 0 unspecified atom stereocenters. The Kier molecular flexibility index (Phi) is 4.22. The van der Waals surface area contributed by atoms with Gasteiger partial charge in [-0.3, -0.25) is 4.79 Å². The molecule has 0 aromatic heterocycles. The van der Waals surface area contributed by atoms with Crippen LogP contribution in [-0.2, 0) is 9.53 Å². The largest absolute Gasteiger partial charge is 0.462 e. The molecule has 3 heteroatoms. The van der Waals surface area contributed by atoms with Crippen molar-refractivity contribution in [1.82, 2.24) is 0 Å². The zero-order valence-electron chi connectivity index (χ0n) is 9.86. The van der Waals surface area contributed by atoms with Crippen molar-refractivity contribution in [2.45, 2.75) is 70.0 Å². The summed E-state index contributed by atoms with van der Waals surface area (Å²) >= 11 is 0. The van der Waals surface area contributed by atoms with Gasteiger partial charge in [0, 0.05) is 0 Å². The Morgan fingerprint density at radius 1 is 0.938 bits per heavy atom. The number of ether oxygens (including phenoxy) is 1. The highest BCUT2D eigenvalue weighted by atomic mass is 16.5. The zero-order chi connectivity index (χ0) is 11.4. The van der Waals surface area contributed by atoms with Gasteiger partial charge in [0.2, 0.25) is 0 Å². The minimum absolute atomic E-state index is 0.0149. The first-order valence-corrected chi connectivity index (χ1v) is 6.64. The number of aliphatic hydroxyl groups is 1. The van der Waals surface area contributed by atoms with Crippen LogP contribution in [0.25, 0.3) is 0 Å². The molecule has 0 bridgehead atoms. The summed E-state index contributed by atoms with van der Waals surface area (Å²) in [6.45, 7) is 0. The quantitative estimate of drug-likeness (QED) is 0.735. The molecule has 2 aliphatic rings. The van der Waals surface area contributed by atoms with Crippen molar-refractivity contribution in [3.63, 3.8) is 0 Å². The highest BCUT2D eigenvalue weighted by Gasteiger charge is 2.27. The minimum atomic E-state index is -0.176. The fourth-order valence-electron chi connectivity index (χ4n) is 2.76. The van der Waals surface area contributed by atoms with Crippen LogP contribution in [0.4, 0.5) is 0 Å². The van der Waals surface area contributed by atoms with Crippen LogP contribution in [0.5, 0.6) is 0 Å². The van der Waals surface area contributed by atoms with Crippen molar-refractivity contribution in [2.75, 3.05) is 0 Å². The molecule has 2 fully saturated rings. The van der Waals surface area contributed by atoms with E-state index >= 15 is 0 Å². The van der Waals surface area contributed by atoms with Gasteiger partial charge >= 0.3 is 5.97 Å². The predicted octanol–water partition coefficient (Wildman–Crippen LogP) is 2.41. The third kappa shape index (κ3) is 3.21. The first-order valence-electron chi connectivity index (χ1n) is 6.64. The molecule has 0 spiro atoms. The van der Waals surface area contributed by atoms with Gasteiger partial charge in [0.25, 0.3) is 0 Å². The van der Waals surface area contributed by atoms with E-state index in [2.05, 4.69) is 0 Å². The van der Waals surface area contributed by atoms with Crippen LogP contribution < -0.4 is 0 Å². The summed E-state index contributed by atoms with van der Waals surface area (Å²) in [6.07, 6.45) is 8.74. The maximum Gasteiger partial charge on any atom is 0.309 e. The Hall–Kier alpha value is -0.570. The molecule has 0 aromatic rings. The second-order valence-electron chi connectivity index (χ2n) is 5.20. The van der Waals surface area contributed by atoms with Gasteiger partial charge in [0.15, 0.2) is 0 Å². The topological polar surface area (TPSA) is 46.5 Å². The van der Waals surface area contributed by atoms with Gasteiger partial charge in [-0.1, -0.05) is 19.3 Å². The van der Waals surface area contributed by atoms with E-state index in [1.807, 2.05) is 0 Å². The van der Waals surface area contributed by atoms with Crippen molar-refractivity contribution < 1.29 is 14.6 Å². The Balaban J connectivity index is 1.73. The maximum absolute atomic E-state index is 11.9. The lowest BCUT2D eigenvalue weighted by molar-refractivity contribution is -0.157. The molecular weight excluding hydrogens is 204 g/mol. The average molecular weight is 226 g/mol. The fourth-order valence-corrected chi connectivity index (χ4v) is 2.76. The molecule has 0 heterocycles. The van der Waals surface area contributed by atoms with Crippen LogP contribution in [0.3, 0.4) is 0 Å². The van der Waals surface area contributed by atoms with Crippen LogP contribution in [0.2, 0.25) is 0 Å². The number of hydrogen-bond acceptors (Lipinski definition) is 3. The fraction of sp³-hybridized carbons (Fsp3) is 0.923. The number of aliphatic hydroxyl groups excluding tert-OH is 1. The lowest BCUT2D eigenvalue weighted by Gasteiger charge is -2.28. The first-order chi connectivity index (χ1) is 7.75. The van der Waals surface area contributed by atoms with Crippen molar-refractivity contribution in [2.24, 2.45) is 5.92 Å². The summed E-state index contributed by atoms with van der Waals surface area (Å²) in [4.78, 5) is 11.9. The molecule has 2 saturated carbocycles. The standard InChI is InChI=1S/C13H22O3/c14-11-6-8-12(9-7-11)16-13(15)10-4-2-1-3-5-10/h10-12,14H,1-9H2. The molecule has 1 N–H and O–H groups in total. The van der Waals surface area contributed by atoms with Gasteiger partial charge in [0.05, 0.1) is 12.0 Å². The van der Waals surface area contributed by atoms with Gasteiger partial charge in [0.1, 0.15) is 6.10 Å². The lowest BCUT2D eigenvalue weighted by atomic mass is 9.89. The smallest absolute Gasteiger partial charge is 0.309 e. The van der Waals surface area contributed by atoms with Gasteiger partial charge in [-0.25, -0.2) is 0 Å². The molecule has 0 atom stereocenters. The second kappa shape index (κ2) is 5.67.